The van der Waals surface area contributed by atoms with Gasteiger partial charge in [0.1, 0.15) is 0 Å². The zero-order chi connectivity index (χ0) is 18.8. The summed E-state index contributed by atoms with van der Waals surface area (Å²) >= 11 is 0. The monoisotopic (exact) mass is 353 g/mol. The van der Waals surface area contributed by atoms with Crippen LogP contribution in [-0.4, -0.2) is 24.9 Å². The molecule has 0 saturated carbocycles. The Morgan fingerprint density at radius 2 is 1.69 bits per heavy atom. The molecule has 0 heterocycles. The molecule has 0 fully saturated rings. The zero-order valence-corrected chi connectivity index (χ0v) is 15.2. The van der Waals surface area contributed by atoms with Crippen LogP contribution in [0.3, 0.4) is 0 Å². The fourth-order valence-electron chi connectivity index (χ4n) is 2.64. The van der Waals surface area contributed by atoms with E-state index in [4.69, 9.17) is 5.73 Å². The van der Waals surface area contributed by atoms with Crippen LogP contribution in [0.4, 0.5) is 0 Å². The molecule has 2 aromatic rings. The lowest BCUT2D eigenvalue weighted by atomic mass is 10.0. The third-order valence-corrected chi connectivity index (χ3v) is 4.16. The summed E-state index contributed by atoms with van der Waals surface area (Å²) in [5.74, 6) is -0.269. The van der Waals surface area contributed by atoms with Gasteiger partial charge in [0.15, 0.2) is 0 Å². The van der Waals surface area contributed by atoms with Gasteiger partial charge in [0, 0.05) is 12.1 Å². The SMILES string of the molecule is Cc1ccc(C(=O)NC(CC(=O)NCCCCN)c2ccccc2)cc1. The molecule has 2 amide bonds. The van der Waals surface area contributed by atoms with Crippen molar-refractivity contribution < 1.29 is 9.59 Å². The fourth-order valence-corrected chi connectivity index (χ4v) is 2.64. The van der Waals surface area contributed by atoms with Crippen LogP contribution in [0.1, 0.15) is 46.8 Å². The number of carbonyl (C=O) groups is 2. The molecule has 2 rings (SSSR count). The van der Waals surface area contributed by atoms with Crippen LogP contribution in [0.25, 0.3) is 0 Å². The third-order valence-electron chi connectivity index (χ3n) is 4.16. The number of nitrogens with one attached hydrogen (secondary N) is 2. The van der Waals surface area contributed by atoms with Crippen LogP contribution >= 0.6 is 0 Å². The van der Waals surface area contributed by atoms with Gasteiger partial charge in [0.25, 0.3) is 5.91 Å². The Morgan fingerprint density at radius 1 is 1.00 bits per heavy atom. The molecule has 0 spiro atoms. The van der Waals surface area contributed by atoms with Crippen LogP contribution in [0.2, 0.25) is 0 Å². The van der Waals surface area contributed by atoms with Crippen LogP contribution in [0, 0.1) is 6.92 Å². The van der Waals surface area contributed by atoms with Gasteiger partial charge in [0.2, 0.25) is 5.91 Å². The first-order chi connectivity index (χ1) is 12.6. The number of amides is 2. The first kappa shape index (κ1) is 19.7. The summed E-state index contributed by atoms with van der Waals surface area (Å²) in [7, 11) is 0. The van der Waals surface area contributed by atoms with Crippen molar-refractivity contribution in [1.29, 1.82) is 0 Å². The van der Waals surface area contributed by atoms with E-state index in [-0.39, 0.29) is 24.3 Å². The van der Waals surface area contributed by atoms with E-state index in [0.29, 0.717) is 18.7 Å². The maximum Gasteiger partial charge on any atom is 0.251 e. The summed E-state index contributed by atoms with van der Waals surface area (Å²) in [5, 5.41) is 5.87. The molecule has 0 bridgehead atoms. The van der Waals surface area contributed by atoms with E-state index in [9.17, 15) is 9.59 Å². The third kappa shape index (κ3) is 6.33. The highest BCUT2D eigenvalue weighted by molar-refractivity contribution is 5.94. The second-order valence-corrected chi connectivity index (χ2v) is 6.35. The average molecular weight is 353 g/mol. The number of hydrogen-bond acceptors (Lipinski definition) is 3. The Balaban J connectivity index is 2.03. The second kappa shape index (κ2) is 10.4. The molecule has 0 aliphatic rings. The largest absolute Gasteiger partial charge is 0.356 e. The van der Waals surface area contributed by atoms with E-state index >= 15 is 0 Å². The topological polar surface area (TPSA) is 84.2 Å². The van der Waals surface area contributed by atoms with Crippen molar-refractivity contribution in [2.75, 3.05) is 13.1 Å². The summed E-state index contributed by atoms with van der Waals surface area (Å²) in [4.78, 5) is 24.8. The van der Waals surface area contributed by atoms with Gasteiger partial charge >= 0.3 is 0 Å². The minimum absolute atomic E-state index is 0.0833. The van der Waals surface area contributed by atoms with Crippen LogP contribution < -0.4 is 16.4 Å². The molecule has 0 aliphatic heterocycles. The van der Waals surface area contributed by atoms with Crippen molar-refractivity contribution in [1.82, 2.24) is 10.6 Å². The fraction of sp³-hybridized carbons (Fsp3) is 0.333. The van der Waals surface area contributed by atoms with E-state index in [1.807, 2.05) is 49.4 Å². The van der Waals surface area contributed by atoms with Crippen molar-refractivity contribution in [2.24, 2.45) is 5.73 Å². The molecule has 0 aromatic heterocycles. The molecule has 1 unspecified atom stereocenters. The average Bonchev–Trinajstić information content (AvgIpc) is 2.66. The molecule has 138 valence electrons. The maximum atomic E-state index is 12.6. The molecule has 0 aliphatic carbocycles. The lowest BCUT2D eigenvalue weighted by Crippen LogP contribution is -2.34. The van der Waals surface area contributed by atoms with Crippen molar-refractivity contribution in [2.45, 2.75) is 32.2 Å². The van der Waals surface area contributed by atoms with Gasteiger partial charge in [-0.3, -0.25) is 9.59 Å². The quantitative estimate of drug-likeness (QED) is 0.606. The summed E-state index contributed by atoms with van der Waals surface area (Å²) in [5.41, 5.74) is 8.05. The molecule has 5 heteroatoms. The van der Waals surface area contributed by atoms with Crippen LogP contribution in [0.15, 0.2) is 54.6 Å². The lowest BCUT2D eigenvalue weighted by Gasteiger charge is -2.19. The van der Waals surface area contributed by atoms with E-state index in [2.05, 4.69) is 10.6 Å². The predicted octanol–water partition coefficient (Wildman–Crippen LogP) is 2.71. The second-order valence-electron chi connectivity index (χ2n) is 6.35. The number of carbonyl (C=O) groups excluding carboxylic acids is 2. The van der Waals surface area contributed by atoms with E-state index < -0.39 is 0 Å². The van der Waals surface area contributed by atoms with Crippen LogP contribution in [-0.2, 0) is 4.79 Å². The molecule has 5 nitrogen and oxygen atoms in total. The van der Waals surface area contributed by atoms with Gasteiger partial charge in [-0.1, -0.05) is 48.0 Å². The van der Waals surface area contributed by atoms with E-state index in [1.165, 1.54) is 0 Å². The van der Waals surface area contributed by atoms with E-state index in [0.717, 1.165) is 24.0 Å². The molecule has 1 atom stereocenters. The Labute approximate surface area is 155 Å². The van der Waals surface area contributed by atoms with Gasteiger partial charge in [-0.15, -0.1) is 0 Å². The van der Waals surface area contributed by atoms with Gasteiger partial charge in [0.05, 0.1) is 12.5 Å². The predicted molar refractivity (Wildman–Crippen MR) is 104 cm³/mol. The Morgan fingerprint density at radius 3 is 2.35 bits per heavy atom. The molecule has 4 N–H and O–H groups in total. The van der Waals surface area contributed by atoms with Crippen molar-refractivity contribution in [3.63, 3.8) is 0 Å². The highest BCUT2D eigenvalue weighted by Gasteiger charge is 2.19. The number of aryl methyl sites for hydroxylation is 1. The zero-order valence-electron chi connectivity index (χ0n) is 15.2. The van der Waals surface area contributed by atoms with Crippen LogP contribution in [0.5, 0.6) is 0 Å². The standard InChI is InChI=1S/C21H27N3O2/c1-16-9-11-18(12-10-16)21(26)24-19(17-7-3-2-4-8-17)15-20(25)23-14-6-5-13-22/h2-4,7-12,19H,5-6,13-15,22H2,1H3,(H,23,25)(H,24,26). The normalized spacial score (nSPS) is 11.6. The number of benzene rings is 2. The van der Waals surface area contributed by atoms with Crippen molar-refractivity contribution in [3.8, 4) is 0 Å². The minimum atomic E-state index is -0.375. The van der Waals surface area contributed by atoms with Crippen molar-refractivity contribution in [3.05, 3.63) is 71.3 Å². The molecule has 0 saturated heterocycles. The molecular formula is C21H27N3O2. The lowest BCUT2D eigenvalue weighted by molar-refractivity contribution is -0.121. The summed E-state index contributed by atoms with van der Waals surface area (Å²) < 4.78 is 0. The molecule has 0 radical (unpaired) electrons. The highest BCUT2D eigenvalue weighted by Crippen LogP contribution is 2.17. The van der Waals surface area contributed by atoms with E-state index in [1.54, 1.807) is 12.1 Å². The number of nitrogens with two attached hydrogens (primary N) is 1. The van der Waals surface area contributed by atoms with Gasteiger partial charge in [-0.05, 0) is 44.0 Å². The molecular weight excluding hydrogens is 326 g/mol. The maximum absolute atomic E-state index is 12.6. The smallest absolute Gasteiger partial charge is 0.251 e. The number of hydrogen-bond donors (Lipinski definition) is 3. The molecule has 26 heavy (non-hydrogen) atoms. The number of unbranched alkanes of at least 4 members (excludes halogenated alkanes) is 1. The highest BCUT2D eigenvalue weighted by atomic mass is 16.2. The summed E-state index contributed by atoms with van der Waals surface area (Å²) in [6.07, 6.45) is 1.94. The first-order valence-corrected chi connectivity index (χ1v) is 8.99. The summed E-state index contributed by atoms with van der Waals surface area (Å²) in [6, 6.07) is 16.6. The van der Waals surface area contributed by atoms with Crippen molar-refractivity contribution >= 4 is 11.8 Å². The Hall–Kier alpha value is -2.66. The van der Waals surface area contributed by atoms with Gasteiger partial charge in [-0.25, -0.2) is 0 Å². The van der Waals surface area contributed by atoms with Gasteiger partial charge < -0.3 is 16.4 Å². The van der Waals surface area contributed by atoms with Gasteiger partial charge in [-0.2, -0.15) is 0 Å². The number of rotatable bonds is 9. The Bertz CT molecular complexity index is 699. The minimum Gasteiger partial charge on any atom is -0.356 e. The first-order valence-electron chi connectivity index (χ1n) is 8.99. The Kier molecular flexibility index (Phi) is 7.83. The summed E-state index contributed by atoms with van der Waals surface area (Å²) in [6.45, 7) is 3.20. The molecule has 2 aromatic carbocycles.